The van der Waals surface area contributed by atoms with Gasteiger partial charge in [-0.25, -0.2) is 4.39 Å². The van der Waals surface area contributed by atoms with Crippen LogP contribution >= 0.6 is 31.9 Å². The Morgan fingerprint density at radius 3 is 2.50 bits per heavy atom. The molecule has 0 atom stereocenters. The van der Waals surface area contributed by atoms with E-state index in [2.05, 4.69) is 56.2 Å². The third kappa shape index (κ3) is 3.33. The molecule has 0 aliphatic rings. The first-order chi connectivity index (χ1) is 8.56. The summed E-state index contributed by atoms with van der Waals surface area (Å²) in [6.07, 6.45) is 0. The Bertz CT molecular complexity index is 518. The predicted molar refractivity (Wildman–Crippen MR) is 80.3 cm³/mol. The Morgan fingerprint density at radius 1 is 1.06 bits per heavy atom. The summed E-state index contributed by atoms with van der Waals surface area (Å²) in [5, 5.41) is 3.26. The van der Waals surface area contributed by atoms with Gasteiger partial charge in [0.1, 0.15) is 5.82 Å². The summed E-state index contributed by atoms with van der Waals surface area (Å²) in [5.74, 6) is -0.250. The van der Waals surface area contributed by atoms with Gasteiger partial charge in [0.25, 0.3) is 0 Å². The molecule has 0 saturated heterocycles. The lowest BCUT2D eigenvalue weighted by molar-refractivity contribution is 0.621. The van der Waals surface area contributed by atoms with Gasteiger partial charge >= 0.3 is 0 Å². The molecule has 0 spiro atoms. The fourth-order valence-electron chi connectivity index (χ4n) is 1.63. The maximum absolute atomic E-state index is 13.1. The molecule has 0 aromatic heterocycles. The Hall–Kier alpha value is -0.870. The number of halogens is 3. The van der Waals surface area contributed by atoms with Crippen LogP contribution in [0.3, 0.4) is 0 Å². The molecule has 94 valence electrons. The van der Waals surface area contributed by atoms with Gasteiger partial charge in [-0.05, 0) is 58.2 Å². The van der Waals surface area contributed by atoms with E-state index < -0.39 is 0 Å². The Labute approximate surface area is 123 Å². The van der Waals surface area contributed by atoms with Crippen LogP contribution in [0.4, 0.5) is 10.1 Å². The van der Waals surface area contributed by atoms with Crippen molar-refractivity contribution in [2.24, 2.45) is 0 Å². The lowest BCUT2D eigenvalue weighted by Gasteiger charge is -2.08. The van der Waals surface area contributed by atoms with Crippen LogP contribution < -0.4 is 5.32 Å². The second-order valence-corrected chi connectivity index (χ2v) is 5.77. The van der Waals surface area contributed by atoms with E-state index in [4.69, 9.17) is 0 Å². The van der Waals surface area contributed by atoms with Crippen molar-refractivity contribution in [1.29, 1.82) is 0 Å². The van der Waals surface area contributed by atoms with E-state index in [-0.39, 0.29) is 5.82 Å². The minimum absolute atomic E-state index is 0.250. The number of hydrogen-bond acceptors (Lipinski definition) is 1. The number of anilines is 1. The largest absolute Gasteiger partial charge is 0.381 e. The second kappa shape index (κ2) is 5.85. The first kappa shape index (κ1) is 13.6. The van der Waals surface area contributed by atoms with E-state index in [1.54, 1.807) is 12.1 Å². The van der Waals surface area contributed by atoms with E-state index in [1.807, 2.05) is 6.07 Å². The lowest BCUT2D eigenvalue weighted by atomic mass is 10.1. The molecule has 1 nitrogen and oxygen atoms in total. The molecule has 0 bridgehead atoms. The molecule has 2 aromatic carbocycles. The SMILES string of the molecule is Cc1cc(CNc2ccc(F)c(Br)c2)ccc1Br. The molecule has 0 saturated carbocycles. The highest BCUT2D eigenvalue weighted by Crippen LogP contribution is 2.21. The van der Waals surface area contributed by atoms with Crippen LogP contribution in [-0.2, 0) is 6.54 Å². The third-order valence-electron chi connectivity index (χ3n) is 2.64. The Kier molecular flexibility index (Phi) is 4.40. The molecule has 0 unspecified atom stereocenters. The molecule has 4 heteroatoms. The van der Waals surface area contributed by atoms with Crippen LogP contribution in [0.15, 0.2) is 45.3 Å². The zero-order chi connectivity index (χ0) is 13.1. The Morgan fingerprint density at radius 2 is 1.83 bits per heavy atom. The van der Waals surface area contributed by atoms with Crippen molar-refractivity contribution in [3.8, 4) is 0 Å². The van der Waals surface area contributed by atoms with E-state index in [0.717, 1.165) is 10.2 Å². The maximum Gasteiger partial charge on any atom is 0.137 e. The standard InChI is InChI=1S/C14H12Br2FN/c1-9-6-10(2-4-12(9)15)8-18-11-3-5-14(17)13(16)7-11/h2-7,18H,8H2,1H3. The lowest BCUT2D eigenvalue weighted by Crippen LogP contribution is -2.00. The van der Waals surface area contributed by atoms with Gasteiger partial charge in [0.15, 0.2) is 0 Å². The predicted octanol–water partition coefficient (Wildman–Crippen LogP) is 5.27. The zero-order valence-corrected chi connectivity index (χ0v) is 13.0. The summed E-state index contributed by atoms with van der Waals surface area (Å²) < 4.78 is 14.7. The molecule has 0 radical (unpaired) electrons. The number of benzene rings is 2. The molecular weight excluding hydrogens is 361 g/mol. The molecule has 18 heavy (non-hydrogen) atoms. The van der Waals surface area contributed by atoms with Crippen molar-refractivity contribution in [3.63, 3.8) is 0 Å². The van der Waals surface area contributed by atoms with Gasteiger partial charge in [0.05, 0.1) is 4.47 Å². The Balaban J connectivity index is 2.06. The molecular formula is C14H12Br2FN. The topological polar surface area (TPSA) is 12.0 Å². The monoisotopic (exact) mass is 371 g/mol. The summed E-state index contributed by atoms with van der Waals surface area (Å²) in [4.78, 5) is 0. The van der Waals surface area contributed by atoms with Crippen molar-refractivity contribution < 1.29 is 4.39 Å². The van der Waals surface area contributed by atoms with Crippen molar-refractivity contribution in [2.75, 3.05) is 5.32 Å². The third-order valence-corrected chi connectivity index (χ3v) is 4.14. The zero-order valence-electron chi connectivity index (χ0n) is 9.81. The molecule has 0 aliphatic carbocycles. The van der Waals surface area contributed by atoms with E-state index >= 15 is 0 Å². The van der Waals surface area contributed by atoms with Gasteiger partial charge in [-0.1, -0.05) is 28.1 Å². The van der Waals surface area contributed by atoms with Gasteiger partial charge in [0.2, 0.25) is 0 Å². The first-order valence-electron chi connectivity index (χ1n) is 5.50. The molecule has 0 amide bonds. The average Bonchev–Trinajstić information content (AvgIpc) is 2.35. The molecule has 2 rings (SSSR count). The van der Waals surface area contributed by atoms with Crippen LogP contribution in [0.2, 0.25) is 0 Å². The van der Waals surface area contributed by atoms with E-state index in [0.29, 0.717) is 11.0 Å². The molecule has 2 aromatic rings. The van der Waals surface area contributed by atoms with Gasteiger partial charge in [-0.3, -0.25) is 0 Å². The summed E-state index contributed by atoms with van der Waals surface area (Å²) >= 11 is 6.65. The smallest absolute Gasteiger partial charge is 0.137 e. The van der Waals surface area contributed by atoms with E-state index in [1.165, 1.54) is 17.2 Å². The van der Waals surface area contributed by atoms with E-state index in [9.17, 15) is 4.39 Å². The highest BCUT2D eigenvalue weighted by molar-refractivity contribution is 9.10. The summed E-state index contributed by atoms with van der Waals surface area (Å²) in [5.41, 5.74) is 3.29. The van der Waals surface area contributed by atoms with Crippen LogP contribution in [0.25, 0.3) is 0 Å². The summed E-state index contributed by atoms with van der Waals surface area (Å²) in [6, 6.07) is 11.1. The first-order valence-corrected chi connectivity index (χ1v) is 7.09. The van der Waals surface area contributed by atoms with Gasteiger partial charge < -0.3 is 5.32 Å². The fourth-order valence-corrected chi connectivity index (χ4v) is 2.25. The van der Waals surface area contributed by atoms with Crippen molar-refractivity contribution in [2.45, 2.75) is 13.5 Å². The van der Waals surface area contributed by atoms with Gasteiger partial charge in [-0.15, -0.1) is 0 Å². The number of hydrogen-bond donors (Lipinski definition) is 1. The number of aryl methyl sites for hydroxylation is 1. The molecule has 0 fully saturated rings. The highest BCUT2D eigenvalue weighted by Gasteiger charge is 2.01. The number of rotatable bonds is 3. The summed E-state index contributed by atoms with van der Waals surface area (Å²) in [6.45, 7) is 2.77. The second-order valence-electron chi connectivity index (χ2n) is 4.07. The fraction of sp³-hybridized carbons (Fsp3) is 0.143. The average molecular weight is 373 g/mol. The maximum atomic E-state index is 13.1. The minimum atomic E-state index is -0.250. The molecule has 0 aliphatic heterocycles. The quantitative estimate of drug-likeness (QED) is 0.773. The van der Waals surface area contributed by atoms with Crippen LogP contribution in [0, 0.1) is 12.7 Å². The van der Waals surface area contributed by atoms with Crippen LogP contribution in [0.1, 0.15) is 11.1 Å². The van der Waals surface area contributed by atoms with Gasteiger partial charge in [0, 0.05) is 16.7 Å². The van der Waals surface area contributed by atoms with Gasteiger partial charge in [-0.2, -0.15) is 0 Å². The van der Waals surface area contributed by atoms with Crippen LogP contribution in [0.5, 0.6) is 0 Å². The minimum Gasteiger partial charge on any atom is -0.381 e. The highest BCUT2D eigenvalue weighted by atomic mass is 79.9. The normalized spacial score (nSPS) is 10.4. The van der Waals surface area contributed by atoms with Crippen molar-refractivity contribution in [1.82, 2.24) is 0 Å². The van der Waals surface area contributed by atoms with Crippen molar-refractivity contribution in [3.05, 3.63) is 62.3 Å². The summed E-state index contributed by atoms with van der Waals surface area (Å²) in [7, 11) is 0. The van der Waals surface area contributed by atoms with Crippen LogP contribution in [-0.4, -0.2) is 0 Å². The molecule has 0 heterocycles. The number of nitrogens with one attached hydrogen (secondary N) is 1. The molecule has 1 N–H and O–H groups in total. The van der Waals surface area contributed by atoms with Crippen molar-refractivity contribution >= 4 is 37.5 Å².